The van der Waals surface area contributed by atoms with Crippen LogP contribution in [0.5, 0.6) is 0 Å². The standard InChI is InChI=1S/C21H26N4O5S/c1-13-9-17(10-18(14(13)2)31(29,30)25(3)4)21(28)23-11-15-5-7-16(8-6-15)20(27)24-12-19(22)26/h5-10H,11-12H2,1-4H3,(H2,22,26)(H,23,28)(H,24,27). The van der Waals surface area contributed by atoms with Crippen molar-refractivity contribution in [1.29, 1.82) is 0 Å². The van der Waals surface area contributed by atoms with E-state index in [1.54, 1.807) is 44.2 Å². The van der Waals surface area contributed by atoms with E-state index in [0.29, 0.717) is 16.7 Å². The Labute approximate surface area is 181 Å². The van der Waals surface area contributed by atoms with Crippen molar-refractivity contribution in [3.63, 3.8) is 0 Å². The van der Waals surface area contributed by atoms with E-state index in [2.05, 4.69) is 10.6 Å². The summed E-state index contributed by atoms with van der Waals surface area (Å²) in [7, 11) is -0.811. The molecule has 0 aliphatic heterocycles. The highest BCUT2D eigenvalue weighted by Crippen LogP contribution is 2.23. The maximum atomic E-state index is 12.6. The molecular weight excluding hydrogens is 420 g/mol. The lowest BCUT2D eigenvalue weighted by Crippen LogP contribution is -2.33. The quantitative estimate of drug-likeness (QED) is 0.548. The molecular formula is C21H26N4O5S. The first-order valence-corrected chi connectivity index (χ1v) is 10.8. The Kier molecular flexibility index (Phi) is 7.53. The first-order valence-electron chi connectivity index (χ1n) is 9.41. The molecule has 4 N–H and O–H groups in total. The van der Waals surface area contributed by atoms with Crippen molar-refractivity contribution in [2.24, 2.45) is 5.73 Å². The smallest absolute Gasteiger partial charge is 0.251 e. The van der Waals surface area contributed by atoms with Crippen LogP contribution in [0.25, 0.3) is 0 Å². The number of carbonyl (C=O) groups excluding carboxylic acids is 3. The van der Waals surface area contributed by atoms with Gasteiger partial charge in [-0.3, -0.25) is 14.4 Å². The van der Waals surface area contributed by atoms with Gasteiger partial charge in [-0.2, -0.15) is 0 Å². The molecule has 0 aliphatic rings. The van der Waals surface area contributed by atoms with E-state index in [1.165, 1.54) is 20.2 Å². The van der Waals surface area contributed by atoms with Gasteiger partial charge in [-0.15, -0.1) is 0 Å². The lowest BCUT2D eigenvalue weighted by molar-refractivity contribution is -0.117. The van der Waals surface area contributed by atoms with Crippen LogP contribution in [0.1, 0.15) is 37.4 Å². The maximum absolute atomic E-state index is 12.6. The largest absolute Gasteiger partial charge is 0.368 e. The number of nitrogens with two attached hydrogens (primary N) is 1. The minimum Gasteiger partial charge on any atom is -0.368 e. The van der Waals surface area contributed by atoms with Crippen LogP contribution in [-0.2, 0) is 21.4 Å². The van der Waals surface area contributed by atoms with Crippen molar-refractivity contribution in [3.8, 4) is 0 Å². The Bertz CT molecular complexity index is 1110. The van der Waals surface area contributed by atoms with Gasteiger partial charge in [0.05, 0.1) is 11.4 Å². The highest BCUT2D eigenvalue weighted by atomic mass is 32.2. The van der Waals surface area contributed by atoms with Crippen LogP contribution in [0, 0.1) is 13.8 Å². The molecule has 0 saturated carbocycles. The highest BCUT2D eigenvalue weighted by molar-refractivity contribution is 7.89. The molecule has 166 valence electrons. The molecule has 0 aromatic heterocycles. The zero-order valence-corrected chi connectivity index (χ0v) is 18.7. The summed E-state index contributed by atoms with van der Waals surface area (Å²) in [5.74, 6) is -1.48. The molecule has 0 saturated heterocycles. The van der Waals surface area contributed by atoms with E-state index in [9.17, 15) is 22.8 Å². The number of nitrogens with one attached hydrogen (secondary N) is 2. The van der Waals surface area contributed by atoms with E-state index in [1.807, 2.05) is 0 Å². The van der Waals surface area contributed by atoms with Gasteiger partial charge in [0.25, 0.3) is 11.8 Å². The number of sulfonamides is 1. The molecule has 0 spiro atoms. The lowest BCUT2D eigenvalue weighted by Gasteiger charge is -2.16. The summed E-state index contributed by atoms with van der Waals surface area (Å²) in [5.41, 5.74) is 7.61. The van der Waals surface area contributed by atoms with Crippen LogP contribution in [0.4, 0.5) is 0 Å². The average molecular weight is 447 g/mol. The van der Waals surface area contributed by atoms with Crippen molar-refractivity contribution < 1.29 is 22.8 Å². The molecule has 2 aromatic carbocycles. The minimum absolute atomic E-state index is 0.0916. The number of nitrogens with zero attached hydrogens (tertiary/aromatic N) is 1. The molecule has 0 aliphatic carbocycles. The van der Waals surface area contributed by atoms with Crippen molar-refractivity contribution in [3.05, 3.63) is 64.2 Å². The summed E-state index contributed by atoms with van der Waals surface area (Å²) in [6.07, 6.45) is 0. The zero-order valence-electron chi connectivity index (χ0n) is 17.9. The highest BCUT2D eigenvalue weighted by Gasteiger charge is 2.23. The van der Waals surface area contributed by atoms with Gasteiger partial charge in [0.15, 0.2) is 0 Å². The molecule has 0 bridgehead atoms. The Balaban J connectivity index is 2.12. The van der Waals surface area contributed by atoms with Crippen LogP contribution in [-0.4, -0.2) is 51.1 Å². The number of carbonyl (C=O) groups is 3. The van der Waals surface area contributed by atoms with E-state index in [4.69, 9.17) is 5.73 Å². The monoisotopic (exact) mass is 446 g/mol. The number of amides is 3. The van der Waals surface area contributed by atoms with Crippen LogP contribution in [0.3, 0.4) is 0 Å². The first kappa shape index (κ1) is 24.0. The fourth-order valence-electron chi connectivity index (χ4n) is 2.75. The Morgan fingerprint density at radius 3 is 2.06 bits per heavy atom. The van der Waals surface area contributed by atoms with Gasteiger partial charge in [-0.1, -0.05) is 12.1 Å². The molecule has 2 aromatic rings. The number of benzene rings is 2. The van der Waals surface area contributed by atoms with Gasteiger partial charge >= 0.3 is 0 Å². The summed E-state index contributed by atoms with van der Waals surface area (Å²) < 4.78 is 26.2. The third kappa shape index (κ3) is 5.89. The summed E-state index contributed by atoms with van der Waals surface area (Å²) in [4.78, 5) is 35.3. The second-order valence-corrected chi connectivity index (χ2v) is 9.35. The zero-order chi connectivity index (χ0) is 23.3. The van der Waals surface area contributed by atoms with Crippen LogP contribution < -0.4 is 16.4 Å². The van der Waals surface area contributed by atoms with E-state index in [0.717, 1.165) is 9.87 Å². The molecule has 0 fully saturated rings. The van der Waals surface area contributed by atoms with Crippen molar-refractivity contribution in [2.45, 2.75) is 25.3 Å². The number of hydrogen-bond donors (Lipinski definition) is 3. The maximum Gasteiger partial charge on any atom is 0.251 e. The van der Waals surface area contributed by atoms with Gasteiger partial charge in [0.2, 0.25) is 15.9 Å². The molecule has 10 heteroatoms. The molecule has 0 heterocycles. The summed E-state index contributed by atoms with van der Waals surface area (Å²) in [6.45, 7) is 3.39. The third-order valence-corrected chi connectivity index (χ3v) is 6.67. The van der Waals surface area contributed by atoms with Gasteiger partial charge in [0.1, 0.15) is 0 Å². The Morgan fingerprint density at radius 1 is 0.935 bits per heavy atom. The third-order valence-electron chi connectivity index (χ3n) is 4.73. The predicted molar refractivity (Wildman–Crippen MR) is 116 cm³/mol. The Hall–Kier alpha value is -3.24. The van der Waals surface area contributed by atoms with Crippen molar-refractivity contribution in [1.82, 2.24) is 14.9 Å². The number of hydrogen-bond acceptors (Lipinski definition) is 5. The van der Waals surface area contributed by atoms with Gasteiger partial charge < -0.3 is 16.4 Å². The van der Waals surface area contributed by atoms with Crippen LogP contribution in [0.15, 0.2) is 41.3 Å². The van der Waals surface area contributed by atoms with Gasteiger partial charge in [-0.05, 0) is 54.8 Å². The first-order chi connectivity index (χ1) is 14.4. The van der Waals surface area contributed by atoms with E-state index in [-0.39, 0.29) is 23.5 Å². The Morgan fingerprint density at radius 2 is 1.52 bits per heavy atom. The van der Waals surface area contributed by atoms with Gasteiger partial charge in [0, 0.05) is 31.8 Å². The van der Waals surface area contributed by atoms with Gasteiger partial charge in [-0.25, -0.2) is 12.7 Å². The molecule has 0 atom stereocenters. The summed E-state index contributed by atoms with van der Waals surface area (Å²) >= 11 is 0. The predicted octanol–water partition coefficient (Wildman–Crippen LogP) is 0.699. The second kappa shape index (κ2) is 9.71. The van der Waals surface area contributed by atoms with E-state index >= 15 is 0 Å². The fraction of sp³-hybridized carbons (Fsp3) is 0.286. The van der Waals surface area contributed by atoms with Crippen molar-refractivity contribution in [2.75, 3.05) is 20.6 Å². The average Bonchev–Trinajstić information content (AvgIpc) is 2.72. The summed E-state index contributed by atoms with van der Waals surface area (Å²) in [5, 5.41) is 5.14. The molecule has 2 rings (SSSR count). The molecule has 3 amide bonds. The molecule has 9 nitrogen and oxygen atoms in total. The fourth-order valence-corrected chi connectivity index (χ4v) is 3.97. The lowest BCUT2D eigenvalue weighted by atomic mass is 10.1. The van der Waals surface area contributed by atoms with Crippen LogP contribution >= 0.6 is 0 Å². The van der Waals surface area contributed by atoms with Crippen molar-refractivity contribution >= 4 is 27.7 Å². The molecule has 0 radical (unpaired) electrons. The minimum atomic E-state index is -3.69. The number of rotatable bonds is 8. The second-order valence-electron chi connectivity index (χ2n) is 7.23. The van der Waals surface area contributed by atoms with E-state index < -0.39 is 27.7 Å². The molecule has 31 heavy (non-hydrogen) atoms. The van der Waals surface area contributed by atoms with Crippen LogP contribution in [0.2, 0.25) is 0 Å². The normalized spacial score (nSPS) is 11.3. The molecule has 0 unspecified atom stereocenters. The SMILES string of the molecule is Cc1cc(C(=O)NCc2ccc(C(=O)NCC(N)=O)cc2)cc(S(=O)(=O)N(C)C)c1C. The number of primary amides is 1. The number of aryl methyl sites for hydroxylation is 1. The summed E-state index contributed by atoms with van der Waals surface area (Å²) in [6, 6.07) is 9.49. The topological polar surface area (TPSA) is 139 Å².